The molecule has 90 valence electrons. The van der Waals surface area contributed by atoms with Crippen molar-refractivity contribution in [2.24, 2.45) is 0 Å². The molecule has 0 aliphatic carbocycles. The molecule has 4 heteroatoms. The molecule has 1 aromatic rings. The van der Waals surface area contributed by atoms with Gasteiger partial charge < -0.3 is 5.11 Å². The quantitative estimate of drug-likeness (QED) is 0.767. The van der Waals surface area contributed by atoms with E-state index in [-0.39, 0.29) is 6.42 Å². The molecule has 0 aliphatic rings. The van der Waals surface area contributed by atoms with E-state index < -0.39 is 29.1 Å². The number of rotatable bonds is 5. The minimum absolute atomic E-state index is 0.285. The van der Waals surface area contributed by atoms with Crippen LogP contribution in [0.2, 0.25) is 0 Å². The topological polar surface area (TPSA) is 20.2 Å². The second kappa shape index (κ2) is 5.89. The molecule has 1 unspecified atom stereocenters. The molecule has 0 heterocycles. The Morgan fingerprint density at radius 1 is 1.12 bits per heavy atom. The third-order valence-electron chi connectivity index (χ3n) is 2.46. The number of hydrogen-bond acceptors (Lipinski definition) is 1. The predicted octanol–water partition coefficient (Wildman–Crippen LogP) is 3.72. The van der Waals surface area contributed by atoms with Crippen LogP contribution in [-0.4, -0.2) is 5.11 Å². The first-order chi connectivity index (χ1) is 7.56. The van der Waals surface area contributed by atoms with Crippen molar-refractivity contribution < 1.29 is 18.3 Å². The van der Waals surface area contributed by atoms with E-state index in [4.69, 9.17) is 0 Å². The summed E-state index contributed by atoms with van der Waals surface area (Å²) in [6.45, 7) is 1.99. The molecular weight excluding hydrogens is 217 g/mol. The van der Waals surface area contributed by atoms with Gasteiger partial charge in [0.15, 0.2) is 0 Å². The number of benzene rings is 1. The smallest absolute Gasteiger partial charge is 0.134 e. The van der Waals surface area contributed by atoms with E-state index in [1.165, 1.54) is 0 Å². The summed E-state index contributed by atoms with van der Waals surface area (Å²) >= 11 is 0. The van der Waals surface area contributed by atoms with Crippen molar-refractivity contribution in [3.8, 4) is 0 Å². The molecule has 1 nitrogen and oxygen atoms in total. The molecule has 0 aromatic heterocycles. The molecule has 0 spiro atoms. The zero-order valence-electron chi connectivity index (χ0n) is 9.14. The van der Waals surface area contributed by atoms with E-state index in [1.807, 2.05) is 6.92 Å². The SMILES string of the molecule is CCCCCC(O)c1c(F)cc(F)cc1F. The lowest BCUT2D eigenvalue weighted by molar-refractivity contribution is 0.154. The molecule has 1 aromatic carbocycles. The van der Waals surface area contributed by atoms with Crippen LogP contribution in [0.25, 0.3) is 0 Å². The lowest BCUT2D eigenvalue weighted by Crippen LogP contribution is -2.05. The summed E-state index contributed by atoms with van der Waals surface area (Å²) in [4.78, 5) is 0. The number of unbranched alkanes of at least 4 members (excludes halogenated alkanes) is 2. The van der Waals surface area contributed by atoms with E-state index in [0.717, 1.165) is 12.8 Å². The number of aliphatic hydroxyl groups excluding tert-OH is 1. The highest BCUT2D eigenvalue weighted by molar-refractivity contribution is 5.22. The summed E-state index contributed by atoms with van der Waals surface area (Å²) in [7, 11) is 0. The van der Waals surface area contributed by atoms with Gasteiger partial charge in [-0.2, -0.15) is 0 Å². The average molecular weight is 232 g/mol. The Morgan fingerprint density at radius 3 is 2.19 bits per heavy atom. The van der Waals surface area contributed by atoms with Gasteiger partial charge in [0.1, 0.15) is 17.5 Å². The van der Waals surface area contributed by atoms with Gasteiger partial charge in [-0.15, -0.1) is 0 Å². The summed E-state index contributed by atoms with van der Waals surface area (Å²) in [5.74, 6) is -3.03. The standard InChI is InChI=1S/C12H15F3O/c1-2-3-4-5-11(16)12-9(14)6-8(13)7-10(12)15/h6-7,11,16H,2-5H2,1H3. The van der Waals surface area contributed by atoms with E-state index in [9.17, 15) is 18.3 Å². The zero-order chi connectivity index (χ0) is 12.1. The van der Waals surface area contributed by atoms with Gasteiger partial charge in [0.05, 0.1) is 11.7 Å². The Labute approximate surface area is 92.9 Å². The zero-order valence-corrected chi connectivity index (χ0v) is 9.14. The van der Waals surface area contributed by atoms with Crippen molar-refractivity contribution in [1.82, 2.24) is 0 Å². The van der Waals surface area contributed by atoms with Crippen LogP contribution in [0.3, 0.4) is 0 Å². The van der Waals surface area contributed by atoms with Gasteiger partial charge in [-0.05, 0) is 6.42 Å². The maximum atomic E-state index is 13.2. The average Bonchev–Trinajstić information content (AvgIpc) is 2.16. The number of halogens is 3. The first-order valence-corrected chi connectivity index (χ1v) is 5.38. The molecule has 1 rings (SSSR count). The number of aliphatic hydroxyl groups is 1. The Kier molecular flexibility index (Phi) is 4.80. The Morgan fingerprint density at radius 2 is 1.69 bits per heavy atom. The van der Waals surface area contributed by atoms with Gasteiger partial charge in [0.25, 0.3) is 0 Å². The van der Waals surface area contributed by atoms with Crippen LogP contribution in [0.15, 0.2) is 12.1 Å². The highest BCUT2D eigenvalue weighted by Crippen LogP contribution is 2.25. The van der Waals surface area contributed by atoms with Gasteiger partial charge in [-0.25, -0.2) is 13.2 Å². The third kappa shape index (κ3) is 3.23. The highest BCUT2D eigenvalue weighted by Gasteiger charge is 2.18. The van der Waals surface area contributed by atoms with E-state index >= 15 is 0 Å². The Hall–Kier alpha value is -1.03. The van der Waals surface area contributed by atoms with Crippen molar-refractivity contribution in [1.29, 1.82) is 0 Å². The van der Waals surface area contributed by atoms with Gasteiger partial charge in [0, 0.05) is 12.1 Å². The van der Waals surface area contributed by atoms with Crippen LogP contribution in [0.1, 0.15) is 44.3 Å². The highest BCUT2D eigenvalue weighted by atomic mass is 19.1. The largest absolute Gasteiger partial charge is 0.388 e. The fourth-order valence-electron chi connectivity index (χ4n) is 1.60. The van der Waals surface area contributed by atoms with E-state index in [2.05, 4.69) is 0 Å². The summed E-state index contributed by atoms with van der Waals surface area (Å²) in [5.41, 5.74) is -0.433. The molecule has 1 atom stereocenters. The second-order valence-electron chi connectivity index (χ2n) is 3.79. The Bertz CT molecular complexity index is 329. The van der Waals surface area contributed by atoms with Crippen LogP contribution in [0.4, 0.5) is 13.2 Å². The molecule has 0 saturated heterocycles. The monoisotopic (exact) mass is 232 g/mol. The second-order valence-corrected chi connectivity index (χ2v) is 3.79. The predicted molar refractivity (Wildman–Crippen MR) is 55.4 cm³/mol. The van der Waals surface area contributed by atoms with Crippen molar-refractivity contribution in [2.75, 3.05) is 0 Å². The van der Waals surface area contributed by atoms with Gasteiger partial charge >= 0.3 is 0 Å². The van der Waals surface area contributed by atoms with Crippen LogP contribution in [0.5, 0.6) is 0 Å². The summed E-state index contributed by atoms with van der Waals surface area (Å²) in [6.07, 6.45) is 1.62. The van der Waals surface area contributed by atoms with Crippen LogP contribution in [0, 0.1) is 17.5 Å². The molecule has 16 heavy (non-hydrogen) atoms. The third-order valence-corrected chi connectivity index (χ3v) is 2.46. The molecule has 0 aliphatic heterocycles. The molecule has 0 radical (unpaired) electrons. The fraction of sp³-hybridized carbons (Fsp3) is 0.500. The minimum atomic E-state index is -1.20. The molecule has 0 amide bonds. The lowest BCUT2D eigenvalue weighted by atomic mass is 10.0. The number of hydrogen-bond donors (Lipinski definition) is 1. The summed E-state index contributed by atoms with van der Waals surface area (Å²) in [5, 5.41) is 9.60. The van der Waals surface area contributed by atoms with Gasteiger partial charge in [0.2, 0.25) is 0 Å². The Balaban J connectivity index is 2.78. The molecule has 0 bridgehead atoms. The van der Waals surface area contributed by atoms with Crippen LogP contribution >= 0.6 is 0 Å². The van der Waals surface area contributed by atoms with E-state index in [0.29, 0.717) is 18.6 Å². The summed E-state index contributed by atoms with van der Waals surface area (Å²) < 4.78 is 39.1. The lowest BCUT2D eigenvalue weighted by Gasteiger charge is -2.12. The maximum Gasteiger partial charge on any atom is 0.134 e. The normalized spacial score (nSPS) is 12.8. The maximum absolute atomic E-state index is 13.2. The van der Waals surface area contributed by atoms with Crippen molar-refractivity contribution in [3.63, 3.8) is 0 Å². The van der Waals surface area contributed by atoms with Gasteiger partial charge in [-0.3, -0.25) is 0 Å². The van der Waals surface area contributed by atoms with E-state index in [1.54, 1.807) is 0 Å². The molecule has 0 saturated carbocycles. The van der Waals surface area contributed by atoms with Crippen LogP contribution < -0.4 is 0 Å². The molecule has 1 N–H and O–H groups in total. The van der Waals surface area contributed by atoms with Crippen molar-refractivity contribution in [2.45, 2.75) is 38.7 Å². The molecular formula is C12H15F3O. The first-order valence-electron chi connectivity index (χ1n) is 5.38. The van der Waals surface area contributed by atoms with Crippen molar-refractivity contribution >= 4 is 0 Å². The van der Waals surface area contributed by atoms with Crippen LogP contribution in [-0.2, 0) is 0 Å². The summed E-state index contributed by atoms with van der Waals surface area (Å²) in [6, 6.07) is 1.17. The first kappa shape index (κ1) is 13.0. The fourth-order valence-corrected chi connectivity index (χ4v) is 1.60. The van der Waals surface area contributed by atoms with Crippen molar-refractivity contribution in [3.05, 3.63) is 35.1 Å². The minimum Gasteiger partial charge on any atom is -0.388 e. The molecule has 0 fully saturated rings. The van der Waals surface area contributed by atoms with Gasteiger partial charge in [-0.1, -0.05) is 26.2 Å².